The molecule has 1 fully saturated rings. The molecule has 4 rings (SSSR count). The highest BCUT2D eigenvalue weighted by molar-refractivity contribution is 7.98. The first kappa shape index (κ1) is 21.4. The fourth-order valence-corrected chi connectivity index (χ4v) is 4.39. The second-order valence-electron chi connectivity index (χ2n) is 7.73. The Bertz CT molecular complexity index is 998. The minimum absolute atomic E-state index is 0.0351. The second kappa shape index (κ2) is 9.11. The van der Waals surface area contributed by atoms with Crippen LogP contribution in [-0.4, -0.2) is 61.1 Å². The van der Waals surface area contributed by atoms with E-state index in [1.165, 1.54) is 0 Å². The average Bonchev–Trinajstić information content (AvgIpc) is 3.11. The van der Waals surface area contributed by atoms with Crippen molar-refractivity contribution in [2.75, 3.05) is 38.3 Å². The number of nitrogens with zero attached hydrogens (tertiary/aromatic N) is 2. The van der Waals surface area contributed by atoms with Crippen LogP contribution in [0, 0.1) is 0 Å². The van der Waals surface area contributed by atoms with Gasteiger partial charge in [-0.05, 0) is 48.7 Å². The van der Waals surface area contributed by atoms with E-state index in [1.807, 2.05) is 54.8 Å². The molecule has 1 saturated heterocycles. The fraction of sp³-hybridized carbons (Fsp3) is 0.348. The van der Waals surface area contributed by atoms with Gasteiger partial charge in [0.25, 0.3) is 5.91 Å². The Hall–Kier alpha value is -2.84. The number of likely N-dealkylation sites (tertiary alicyclic amines) is 1. The first-order valence-corrected chi connectivity index (χ1v) is 11.5. The monoisotopic (exact) mass is 438 g/mol. The zero-order valence-electron chi connectivity index (χ0n) is 17.7. The predicted octanol–water partition coefficient (Wildman–Crippen LogP) is 2.77. The van der Waals surface area contributed by atoms with Crippen molar-refractivity contribution < 1.29 is 14.3 Å². The number of anilines is 1. The van der Waals surface area contributed by atoms with E-state index in [0.717, 1.165) is 21.9 Å². The molecule has 2 aromatic carbocycles. The molecule has 31 heavy (non-hydrogen) atoms. The van der Waals surface area contributed by atoms with Crippen LogP contribution in [0.25, 0.3) is 0 Å². The van der Waals surface area contributed by atoms with Gasteiger partial charge in [-0.2, -0.15) is 0 Å². The number of rotatable bonds is 6. The average molecular weight is 439 g/mol. The third-order valence-corrected chi connectivity index (χ3v) is 6.38. The van der Waals surface area contributed by atoms with Crippen LogP contribution < -0.4 is 15.4 Å². The van der Waals surface area contributed by atoms with Crippen molar-refractivity contribution in [3.05, 3.63) is 54.1 Å². The summed E-state index contributed by atoms with van der Waals surface area (Å²) < 4.78 is 5.18. The SMILES string of the molecule is COc1ccc(C2=NC3(CCN(CC(=O)Nc4cccc(SC)c4)CC3)NC2=O)cc1. The molecule has 2 aliphatic rings. The van der Waals surface area contributed by atoms with Gasteiger partial charge in [0.05, 0.1) is 13.7 Å². The molecule has 2 aliphatic heterocycles. The molecular formula is C23H26N4O3S. The summed E-state index contributed by atoms with van der Waals surface area (Å²) >= 11 is 1.64. The molecule has 0 atom stereocenters. The third kappa shape index (κ3) is 4.91. The van der Waals surface area contributed by atoms with Crippen molar-refractivity contribution in [3.8, 4) is 5.75 Å². The van der Waals surface area contributed by atoms with Gasteiger partial charge < -0.3 is 15.4 Å². The number of aliphatic imine (C=N–C) groups is 1. The minimum atomic E-state index is -0.577. The highest BCUT2D eigenvalue weighted by Crippen LogP contribution is 2.29. The predicted molar refractivity (Wildman–Crippen MR) is 123 cm³/mol. The summed E-state index contributed by atoms with van der Waals surface area (Å²) in [6, 6.07) is 15.2. The highest BCUT2D eigenvalue weighted by Gasteiger charge is 2.42. The number of ether oxygens (including phenoxy) is 1. The lowest BCUT2D eigenvalue weighted by Crippen LogP contribution is -2.52. The van der Waals surface area contributed by atoms with Crippen LogP contribution in [-0.2, 0) is 9.59 Å². The number of nitrogens with one attached hydrogen (secondary N) is 2. The third-order valence-electron chi connectivity index (χ3n) is 5.65. The molecule has 1 spiro atoms. The summed E-state index contributed by atoms with van der Waals surface area (Å²) in [4.78, 5) is 33.0. The summed E-state index contributed by atoms with van der Waals surface area (Å²) in [6.07, 6.45) is 3.36. The van der Waals surface area contributed by atoms with E-state index in [4.69, 9.17) is 9.73 Å². The van der Waals surface area contributed by atoms with Crippen molar-refractivity contribution in [2.24, 2.45) is 4.99 Å². The summed E-state index contributed by atoms with van der Waals surface area (Å²) in [6.45, 7) is 1.71. The van der Waals surface area contributed by atoms with Crippen LogP contribution in [0.4, 0.5) is 5.69 Å². The van der Waals surface area contributed by atoms with E-state index < -0.39 is 5.66 Å². The molecule has 0 radical (unpaired) electrons. The van der Waals surface area contributed by atoms with Crippen molar-refractivity contribution in [3.63, 3.8) is 0 Å². The molecule has 0 bridgehead atoms. The highest BCUT2D eigenvalue weighted by atomic mass is 32.2. The molecule has 2 aromatic rings. The van der Waals surface area contributed by atoms with Crippen LogP contribution in [0.2, 0.25) is 0 Å². The lowest BCUT2D eigenvalue weighted by molar-refractivity contribution is -0.119. The molecule has 0 unspecified atom stereocenters. The maximum atomic E-state index is 12.6. The Balaban J connectivity index is 1.34. The zero-order valence-corrected chi connectivity index (χ0v) is 18.5. The van der Waals surface area contributed by atoms with Crippen LogP contribution in [0.3, 0.4) is 0 Å². The van der Waals surface area contributed by atoms with Crippen LogP contribution in [0.15, 0.2) is 58.4 Å². The molecule has 0 aromatic heterocycles. The Morgan fingerprint density at radius 2 is 1.97 bits per heavy atom. The van der Waals surface area contributed by atoms with Gasteiger partial charge in [0.2, 0.25) is 5.91 Å². The lowest BCUT2D eigenvalue weighted by Gasteiger charge is -2.36. The molecular weight excluding hydrogens is 412 g/mol. The van der Waals surface area contributed by atoms with E-state index in [-0.39, 0.29) is 11.8 Å². The topological polar surface area (TPSA) is 83.0 Å². The fourth-order valence-electron chi connectivity index (χ4n) is 3.93. The quantitative estimate of drug-likeness (QED) is 0.678. The second-order valence-corrected chi connectivity index (χ2v) is 8.61. The standard InChI is InChI=1S/C23H26N4O3S/c1-30-18-8-6-16(7-9-18)21-22(29)26-23(25-21)10-12-27(13-11-23)15-20(28)24-17-4-3-5-19(14-17)31-2/h3-9,14H,10-13,15H2,1-2H3,(H,24,28)(H,26,29). The van der Waals surface area contributed by atoms with Gasteiger partial charge >= 0.3 is 0 Å². The normalized spacial score (nSPS) is 17.9. The Kier molecular flexibility index (Phi) is 6.29. The smallest absolute Gasteiger partial charge is 0.272 e. The first-order valence-electron chi connectivity index (χ1n) is 10.2. The number of piperidine rings is 1. The van der Waals surface area contributed by atoms with E-state index >= 15 is 0 Å². The number of hydrogen-bond acceptors (Lipinski definition) is 6. The molecule has 0 saturated carbocycles. The van der Waals surface area contributed by atoms with Crippen LogP contribution in [0.5, 0.6) is 5.75 Å². The maximum absolute atomic E-state index is 12.6. The molecule has 7 nitrogen and oxygen atoms in total. The number of thioether (sulfide) groups is 1. The molecule has 2 heterocycles. The van der Waals surface area contributed by atoms with Crippen molar-refractivity contribution in [1.82, 2.24) is 10.2 Å². The van der Waals surface area contributed by atoms with E-state index in [9.17, 15) is 9.59 Å². The van der Waals surface area contributed by atoms with Gasteiger partial charge in [0.15, 0.2) is 0 Å². The molecule has 162 valence electrons. The van der Waals surface area contributed by atoms with Gasteiger partial charge in [0.1, 0.15) is 17.1 Å². The number of hydrogen-bond donors (Lipinski definition) is 2. The lowest BCUT2D eigenvalue weighted by atomic mass is 9.98. The summed E-state index contributed by atoms with van der Waals surface area (Å²) in [5.74, 6) is 0.557. The van der Waals surface area contributed by atoms with Crippen LogP contribution in [0.1, 0.15) is 18.4 Å². The Morgan fingerprint density at radius 3 is 2.65 bits per heavy atom. The van der Waals surface area contributed by atoms with E-state index in [0.29, 0.717) is 38.2 Å². The summed E-state index contributed by atoms with van der Waals surface area (Å²) in [5, 5.41) is 6.04. The van der Waals surface area contributed by atoms with Crippen molar-refractivity contribution >= 4 is 35.0 Å². The zero-order chi connectivity index (χ0) is 21.8. The van der Waals surface area contributed by atoms with Gasteiger partial charge in [-0.3, -0.25) is 19.5 Å². The number of carbonyl (C=O) groups excluding carboxylic acids is 2. The molecule has 2 N–H and O–H groups in total. The largest absolute Gasteiger partial charge is 0.497 e. The molecule has 8 heteroatoms. The number of methoxy groups -OCH3 is 1. The Morgan fingerprint density at radius 1 is 1.23 bits per heavy atom. The van der Waals surface area contributed by atoms with E-state index in [2.05, 4.69) is 15.5 Å². The van der Waals surface area contributed by atoms with Crippen molar-refractivity contribution in [1.29, 1.82) is 0 Å². The number of benzene rings is 2. The molecule has 0 aliphatic carbocycles. The summed E-state index contributed by atoms with van der Waals surface area (Å²) in [5.41, 5.74) is 1.47. The Labute approximate surface area is 186 Å². The maximum Gasteiger partial charge on any atom is 0.272 e. The van der Waals surface area contributed by atoms with Crippen LogP contribution >= 0.6 is 11.8 Å². The molecule has 2 amide bonds. The van der Waals surface area contributed by atoms with E-state index in [1.54, 1.807) is 18.9 Å². The van der Waals surface area contributed by atoms with Gasteiger partial charge in [0, 0.05) is 42.1 Å². The number of amides is 2. The first-order chi connectivity index (χ1) is 15.0. The van der Waals surface area contributed by atoms with Gasteiger partial charge in [-0.25, -0.2) is 0 Å². The van der Waals surface area contributed by atoms with Gasteiger partial charge in [-0.15, -0.1) is 11.8 Å². The number of carbonyl (C=O) groups is 2. The van der Waals surface area contributed by atoms with Crippen molar-refractivity contribution in [2.45, 2.75) is 23.4 Å². The summed E-state index contributed by atoms with van der Waals surface area (Å²) in [7, 11) is 1.61. The van der Waals surface area contributed by atoms with Gasteiger partial charge in [-0.1, -0.05) is 6.07 Å². The minimum Gasteiger partial charge on any atom is -0.497 e.